The maximum Gasteiger partial charge on any atom is 0.267 e. The predicted octanol–water partition coefficient (Wildman–Crippen LogP) is 2.32. The summed E-state index contributed by atoms with van der Waals surface area (Å²) < 4.78 is 52.3. The van der Waals surface area contributed by atoms with Crippen LogP contribution in [-0.2, 0) is 10.0 Å². The minimum absolute atomic E-state index is 0.0712. The van der Waals surface area contributed by atoms with Crippen LogP contribution >= 0.6 is 15.9 Å². The summed E-state index contributed by atoms with van der Waals surface area (Å²) in [6.07, 6.45) is 1.35. The molecule has 1 heterocycles. The van der Waals surface area contributed by atoms with Crippen LogP contribution in [0.25, 0.3) is 0 Å². The Kier molecular flexibility index (Phi) is 3.76. The molecule has 0 aliphatic carbocycles. The minimum Gasteiger partial charge on any atom is -0.262 e. The first-order valence-corrected chi connectivity index (χ1v) is 7.13. The van der Waals surface area contributed by atoms with Crippen molar-refractivity contribution < 1.29 is 17.2 Å². The number of nitrogens with zero attached hydrogens (tertiary/aromatic N) is 2. The molecule has 19 heavy (non-hydrogen) atoms. The number of rotatable bonds is 3. The largest absolute Gasteiger partial charge is 0.267 e. The van der Waals surface area contributed by atoms with Crippen molar-refractivity contribution in [2.75, 3.05) is 4.72 Å². The zero-order valence-electron chi connectivity index (χ0n) is 9.14. The van der Waals surface area contributed by atoms with Crippen LogP contribution in [0.3, 0.4) is 0 Å². The summed E-state index contributed by atoms with van der Waals surface area (Å²) in [5.74, 6) is -2.16. The third-order valence-corrected chi connectivity index (χ3v) is 4.36. The molecule has 0 fully saturated rings. The summed E-state index contributed by atoms with van der Waals surface area (Å²) in [4.78, 5) is -0.695. The highest BCUT2D eigenvalue weighted by atomic mass is 79.9. The third-order valence-electron chi connectivity index (χ3n) is 2.04. The van der Waals surface area contributed by atoms with Gasteiger partial charge < -0.3 is 0 Å². The van der Waals surface area contributed by atoms with Crippen molar-refractivity contribution in [1.29, 1.82) is 0 Å². The van der Waals surface area contributed by atoms with Crippen molar-refractivity contribution in [1.82, 2.24) is 10.2 Å². The second-order valence-corrected chi connectivity index (χ2v) is 5.89. The lowest BCUT2D eigenvalue weighted by Crippen LogP contribution is -2.16. The molecular formula is C10H6BrF2N3O2S. The summed E-state index contributed by atoms with van der Waals surface area (Å²) in [5.41, 5.74) is 0. The van der Waals surface area contributed by atoms with E-state index in [2.05, 4.69) is 26.1 Å². The van der Waals surface area contributed by atoms with Gasteiger partial charge in [0.15, 0.2) is 5.82 Å². The summed E-state index contributed by atoms with van der Waals surface area (Å²) in [5, 5.41) is 6.99. The van der Waals surface area contributed by atoms with Gasteiger partial charge in [-0.25, -0.2) is 17.2 Å². The van der Waals surface area contributed by atoms with Crippen LogP contribution in [0.15, 0.2) is 39.8 Å². The van der Waals surface area contributed by atoms with E-state index in [1.165, 1.54) is 18.3 Å². The zero-order chi connectivity index (χ0) is 14.0. The number of anilines is 1. The molecule has 5 nitrogen and oxygen atoms in total. The van der Waals surface area contributed by atoms with E-state index in [0.29, 0.717) is 6.07 Å². The number of sulfonamides is 1. The van der Waals surface area contributed by atoms with Crippen LogP contribution in [0.2, 0.25) is 0 Å². The third kappa shape index (κ3) is 3.04. The molecule has 0 spiro atoms. The Balaban J connectivity index is 2.46. The average Bonchev–Trinajstić information content (AvgIpc) is 2.27. The molecular weight excluding hydrogens is 344 g/mol. The topological polar surface area (TPSA) is 72.0 Å². The molecule has 2 rings (SSSR count). The molecule has 0 radical (unpaired) electrons. The highest BCUT2D eigenvalue weighted by molar-refractivity contribution is 9.10. The van der Waals surface area contributed by atoms with Gasteiger partial charge in [-0.3, -0.25) is 4.72 Å². The van der Waals surface area contributed by atoms with E-state index in [4.69, 9.17) is 0 Å². The fourth-order valence-corrected chi connectivity index (χ4v) is 3.50. The number of halogens is 3. The zero-order valence-corrected chi connectivity index (χ0v) is 11.5. The molecule has 0 bridgehead atoms. The van der Waals surface area contributed by atoms with E-state index >= 15 is 0 Å². The first kappa shape index (κ1) is 13.8. The number of aromatic nitrogens is 2. The maximum absolute atomic E-state index is 13.6. The lowest BCUT2D eigenvalue weighted by molar-refractivity contribution is 0.548. The van der Waals surface area contributed by atoms with Gasteiger partial charge in [-0.1, -0.05) is 0 Å². The molecule has 1 N–H and O–H groups in total. The van der Waals surface area contributed by atoms with Gasteiger partial charge in [0.25, 0.3) is 10.0 Å². The molecule has 100 valence electrons. The molecule has 0 unspecified atom stereocenters. The molecule has 0 aliphatic rings. The average molecular weight is 350 g/mol. The summed E-state index contributed by atoms with van der Waals surface area (Å²) >= 11 is 2.81. The monoisotopic (exact) mass is 349 g/mol. The molecule has 1 aromatic heterocycles. The SMILES string of the molecule is O=S(=O)(Nc1cccnn1)c1c(F)cc(F)cc1Br. The Morgan fingerprint density at radius 2 is 2.00 bits per heavy atom. The Morgan fingerprint density at radius 1 is 1.26 bits per heavy atom. The Morgan fingerprint density at radius 3 is 2.58 bits per heavy atom. The Hall–Kier alpha value is -1.61. The van der Waals surface area contributed by atoms with Crippen LogP contribution < -0.4 is 4.72 Å². The molecule has 9 heteroatoms. The molecule has 0 atom stereocenters. The van der Waals surface area contributed by atoms with Crippen LogP contribution in [-0.4, -0.2) is 18.6 Å². The predicted molar refractivity (Wildman–Crippen MR) is 66.9 cm³/mol. The first-order chi connectivity index (χ1) is 8.90. The van der Waals surface area contributed by atoms with E-state index < -0.39 is 26.6 Å². The molecule has 0 aliphatic heterocycles. The van der Waals surface area contributed by atoms with Crippen molar-refractivity contribution in [2.24, 2.45) is 0 Å². The van der Waals surface area contributed by atoms with Crippen molar-refractivity contribution in [3.05, 3.63) is 46.6 Å². The van der Waals surface area contributed by atoms with Gasteiger partial charge in [-0.05, 0) is 34.1 Å². The van der Waals surface area contributed by atoms with Crippen molar-refractivity contribution in [3.8, 4) is 0 Å². The summed E-state index contributed by atoms with van der Waals surface area (Å²) in [6.45, 7) is 0. The first-order valence-electron chi connectivity index (χ1n) is 4.85. The van der Waals surface area contributed by atoms with Crippen molar-refractivity contribution >= 4 is 31.8 Å². The molecule has 0 saturated heterocycles. The van der Waals surface area contributed by atoms with E-state index in [0.717, 1.165) is 6.07 Å². The van der Waals surface area contributed by atoms with Gasteiger partial charge in [0.2, 0.25) is 0 Å². The van der Waals surface area contributed by atoms with Crippen LogP contribution in [0.4, 0.5) is 14.6 Å². The number of benzene rings is 1. The highest BCUT2D eigenvalue weighted by Gasteiger charge is 2.24. The number of nitrogens with one attached hydrogen (secondary N) is 1. The van der Waals surface area contributed by atoms with Gasteiger partial charge in [-0.15, -0.1) is 5.10 Å². The van der Waals surface area contributed by atoms with Crippen molar-refractivity contribution in [3.63, 3.8) is 0 Å². The fourth-order valence-electron chi connectivity index (χ4n) is 1.33. The van der Waals surface area contributed by atoms with Gasteiger partial charge in [0.1, 0.15) is 16.5 Å². The standard InChI is InChI=1S/C10H6BrF2N3O2S/c11-7-4-6(12)5-8(13)10(7)19(17,18)16-9-2-1-3-14-15-9/h1-5H,(H,15,16). The number of hydrogen-bond acceptors (Lipinski definition) is 4. The normalized spacial score (nSPS) is 11.3. The van der Waals surface area contributed by atoms with Gasteiger partial charge in [-0.2, -0.15) is 5.10 Å². The summed E-state index contributed by atoms with van der Waals surface area (Å²) in [7, 11) is -4.23. The smallest absolute Gasteiger partial charge is 0.262 e. The minimum atomic E-state index is -4.23. The molecule has 2 aromatic rings. The molecule has 0 amide bonds. The van der Waals surface area contributed by atoms with Gasteiger partial charge >= 0.3 is 0 Å². The van der Waals surface area contributed by atoms with Crippen LogP contribution in [0.5, 0.6) is 0 Å². The Bertz CT molecular complexity index is 687. The second kappa shape index (κ2) is 5.17. The van der Waals surface area contributed by atoms with E-state index in [9.17, 15) is 17.2 Å². The van der Waals surface area contributed by atoms with Crippen LogP contribution in [0, 0.1) is 11.6 Å². The maximum atomic E-state index is 13.6. The van der Waals surface area contributed by atoms with E-state index in [1.54, 1.807) is 0 Å². The number of hydrogen-bond donors (Lipinski definition) is 1. The highest BCUT2D eigenvalue weighted by Crippen LogP contribution is 2.27. The van der Waals surface area contributed by atoms with Crippen molar-refractivity contribution in [2.45, 2.75) is 4.90 Å². The molecule has 1 aromatic carbocycles. The van der Waals surface area contributed by atoms with E-state index in [-0.39, 0.29) is 10.3 Å². The fraction of sp³-hybridized carbons (Fsp3) is 0. The Labute approximate surface area is 115 Å². The van der Waals surface area contributed by atoms with Gasteiger partial charge in [0.05, 0.1) is 0 Å². The summed E-state index contributed by atoms with van der Waals surface area (Å²) in [6, 6.07) is 4.14. The lowest BCUT2D eigenvalue weighted by atomic mass is 10.3. The van der Waals surface area contributed by atoms with Gasteiger partial charge in [0, 0.05) is 16.7 Å². The lowest BCUT2D eigenvalue weighted by Gasteiger charge is -2.09. The molecule has 0 saturated carbocycles. The van der Waals surface area contributed by atoms with Crippen LogP contribution in [0.1, 0.15) is 0 Å². The quantitative estimate of drug-likeness (QED) is 0.922. The van der Waals surface area contributed by atoms with E-state index in [1.807, 2.05) is 4.72 Å². The second-order valence-electron chi connectivity index (χ2n) is 3.41.